The summed E-state index contributed by atoms with van der Waals surface area (Å²) in [5, 5.41) is 25.9. The number of hydrogen-bond donors (Lipinski definition) is 1. The van der Waals surface area contributed by atoms with Crippen molar-refractivity contribution in [1.82, 2.24) is 4.90 Å². The molecule has 1 aromatic rings. The van der Waals surface area contributed by atoms with Crippen LogP contribution in [0.1, 0.15) is 5.56 Å². The minimum Gasteiger partial charge on any atom is -0.492 e. The van der Waals surface area contributed by atoms with Crippen molar-refractivity contribution in [2.45, 2.75) is 0 Å². The Bertz CT molecular complexity index is 545. The van der Waals surface area contributed by atoms with Crippen LogP contribution < -0.4 is 4.74 Å². The van der Waals surface area contributed by atoms with Gasteiger partial charge in [0, 0.05) is 12.1 Å². The molecule has 5 nitrogen and oxygen atoms in total. The molecule has 0 saturated carbocycles. The van der Waals surface area contributed by atoms with Crippen LogP contribution in [0.3, 0.4) is 0 Å². The predicted octanol–water partition coefficient (Wildman–Crippen LogP) is 0.758. The van der Waals surface area contributed by atoms with Crippen LogP contribution in [0.5, 0.6) is 5.75 Å². The summed E-state index contributed by atoms with van der Waals surface area (Å²) in [6, 6.07) is 11.3. The molecule has 0 aromatic heterocycles. The minimum absolute atomic E-state index is 0.178. The second-order valence-corrected chi connectivity index (χ2v) is 3.86. The zero-order valence-corrected chi connectivity index (χ0v) is 11.0. The summed E-state index contributed by atoms with van der Waals surface area (Å²) >= 11 is 0. The van der Waals surface area contributed by atoms with Gasteiger partial charge < -0.3 is 9.84 Å². The number of hydrogen-bond acceptors (Lipinski definition) is 5. The fourth-order valence-corrected chi connectivity index (χ4v) is 1.51. The third kappa shape index (κ3) is 5.89. The van der Waals surface area contributed by atoms with Gasteiger partial charge in [-0.25, -0.2) is 0 Å². The Morgan fingerprint density at radius 1 is 1.20 bits per heavy atom. The van der Waals surface area contributed by atoms with Crippen LogP contribution in [0.4, 0.5) is 0 Å². The highest BCUT2D eigenvalue weighted by atomic mass is 16.5. The second-order valence-electron chi connectivity index (χ2n) is 3.86. The molecule has 0 aliphatic rings. The topological polar surface area (TPSA) is 80.3 Å². The molecule has 0 spiro atoms. The number of nitrogens with zero attached hydrogens (tertiary/aromatic N) is 3. The smallest absolute Gasteiger partial charge is 0.120 e. The minimum atomic E-state index is -0.178. The van der Waals surface area contributed by atoms with E-state index in [1.165, 1.54) is 0 Å². The van der Waals surface area contributed by atoms with E-state index in [2.05, 4.69) is 11.8 Å². The van der Waals surface area contributed by atoms with E-state index in [4.69, 9.17) is 20.4 Å². The van der Waals surface area contributed by atoms with Crippen molar-refractivity contribution in [2.24, 2.45) is 0 Å². The average Bonchev–Trinajstić information content (AvgIpc) is 2.46. The quantitative estimate of drug-likeness (QED) is 0.609. The van der Waals surface area contributed by atoms with E-state index >= 15 is 0 Å². The van der Waals surface area contributed by atoms with Gasteiger partial charge in [-0.1, -0.05) is 17.9 Å². The van der Waals surface area contributed by atoms with Gasteiger partial charge in [0.15, 0.2) is 0 Å². The summed E-state index contributed by atoms with van der Waals surface area (Å²) in [7, 11) is 0. The number of rotatable bonds is 6. The third-order valence-corrected chi connectivity index (χ3v) is 2.41. The van der Waals surface area contributed by atoms with Crippen molar-refractivity contribution < 1.29 is 9.84 Å². The molecule has 0 bridgehead atoms. The van der Waals surface area contributed by atoms with E-state index < -0.39 is 0 Å². The summed E-state index contributed by atoms with van der Waals surface area (Å²) < 4.78 is 5.56. The maximum absolute atomic E-state index is 8.64. The van der Waals surface area contributed by atoms with Crippen molar-refractivity contribution in [3.05, 3.63) is 29.8 Å². The molecule has 102 valence electrons. The fraction of sp³-hybridized carbons (Fsp3) is 0.333. The van der Waals surface area contributed by atoms with Crippen LogP contribution in [0.25, 0.3) is 0 Å². The lowest BCUT2D eigenvalue weighted by Crippen LogP contribution is -2.29. The number of nitriles is 2. The summed E-state index contributed by atoms with van der Waals surface area (Å²) in [6.07, 6.45) is 0. The summed E-state index contributed by atoms with van der Waals surface area (Å²) in [6.45, 7) is 1.13. The zero-order valence-electron chi connectivity index (χ0n) is 11.0. The number of aliphatic hydroxyl groups excluding tert-OH is 1. The van der Waals surface area contributed by atoms with Gasteiger partial charge in [-0.05, 0) is 18.2 Å². The molecular weight excluding hydrogens is 254 g/mol. The van der Waals surface area contributed by atoms with Gasteiger partial charge in [0.1, 0.15) is 19.0 Å². The van der Waals surface area contributed by atoms with E-state index in [9.17, 15) is 0 Å². The summed E-state index contributed by atoms with van der Waals surface area (Å²) in [5.41, 5.74) is 0.766. The summed E-state index contributed by atoms with van der Waals surface area (Å²) in [4.78, 5) is 1.70. The molecule has 5 heteroatoms. The van der Waals surface area contributed by atoms with Crippen LogP contribution in [0.15, 0.2) is 24.3 Å². The van der Waals surface area contributed by atoms with Crippen molar-refractivity contribution in [2.75, 3.05) is 32.8 Å². The van der Waals surface area contributed by atoms with Crippen LogP contribution in [-0.4, -0.2) is 42.9 Å². The molecule has 0 fully saturated rings. The van der Waals surface area contributed by atoms with Gasteiger partial charge in [-0.15, -0.1) is 0 Å². The Morgan fingerprint density at radius 2 is 1.95 bits per heavy atom. The molecule has 1 aromatic carbocycles. The molecule has 0 unspecified atom stereocenters. The Morgan fingerprint density at radius 3 is 2.60 bits per heavy atom. The first kappa shape index (κ1) is 15.5. The van der Waals surface area contributed by atoms with E-state index in [0.29, 0.717) is 18.9 Å². The number of aliphatic hydroxyl groups is 1. The monoisotopic (exact) mass is 269 g/mol. The molecule has 0 saturated heterocycles. The molecule has 1 N–H and O–H groups in total. The molecule has 0 aliphatic carbocycles. The van der Waals surface area contributed by atoms with Crippen molar-refractivity contribution >= 4 is 0 Å². The van der Waals surface area contributed by atoms with Gasteiger partial charge in [-0.2, -0.15) is 10.5 Å². The standard InChI is InChI=1S/C15H15N3O2/c16-6-8-18(9-7-17)10-12-20-15-5-1-3-14(13-15)4-2-11-19/h1,3,5,13,19H,8-12H2. The largest absolute Gasteiger partial charge is 0.492 e. The maximum atomic E-state index is 8.64. The van der Waals surface area contributed by atoms with E-state index in [-0.39, 0.29) is 19.7 Å². The van der Waals surface area contributed by atoms with Crippen LogP contribution >= 0.6 is 0 Å². The number of ether oxygens (including phenoxy) is 1. The average molecular weight is 269 g/mol. The Balaban J connectivity index is 2.49. The molecule has 0 heterocycles. The molecule has 20 heavy (non-hydrogen) atoms. The molecule has 1 rings (SSSR count). The normalized spacial score (nSPS) is 9.20. The molecule has 0 amide bonds. The first-order valence-corrected chi connectivity index (χ1v) is 6.09. The molecular formula is C15H15N3O2. The molecule has 0 atom stereocenters. The number of benzene rings is 1. The highest BCUT2D eigenvalue weighted by Crippen LogP contribution is 2.12. The van der Waals surface area contributed by atoms with Crippen LogP contribution in [-0.2, 0) is 0 Å². The summed E-state index contributed by atoms with van der Waals surface area (Å²) in [5.74, 6) is 6.04. The fourth-order valence-electron chi connectivity index (χ4n) is 1.51. The maximum Gasteiger partial charge on any atom is 0.120 e. The van der Waals surface area contributed by atoms with Gasteiger partial charge in [0.25, 0.3) is 0 Å². The van der Waals surface area contributed by atoms with E-state index in [1.807, 2.05) is 30.3 Å². The van der Waals surface area contributed by atoms with E-state index in [1.54, 1.807) is 11.0 Å². The lowest BCUT2D eigenvalue weighted by atomic mass is 10.2. The van der Waals surface area contributed by atoms with Gasteiger partial charge in [-0.3, -0.25) is 4.90 Å². The van der Waals surface area contributed by atoms with Gasteiger partial charge in [0.05, 0.1) is 25.2 Å². The third-order valence-electron chi connectivity index (χ3n) is 2.41. The van der Waals surface area contributed by atoms with Crippen LogP contribution in [0, 0.1) is 34.5 Å². The molecule has 0 aliphatic heterocycles. The highest BCUT2D eigenvalue weighted by Gasteiger charge is 2.03. The second kappa shape index (κ2) is 9.42. The zero-order chi connectivity index (χ0) is 14.6. The lowest BCUT2D eigenvalue weighted by molar-refractivity contribution is 0.239. The van der Waals surface area contributed by atoms with Crippen LogP contribution in [0.2, 0.25) is 0 Å². The molecule has 0 radical (unpaired) electrons. The van der Waals surface area contributed by atoms with Crippen molar-refractivity contribution in [1.29, 1.82) is 10.5 Å². The van der Waals surface area contributed by atoms with Crippen molar-refractivity contribution in [3.63, 3.8) is 0 Å². The lowest BCUT2D eigenvalue weighted by Gasteiger charge is -2.15. The Kier molecular flexibility index (Phi) is 7.31. The first-order chi connectivity index (χ1) is 9.80. The Hall–Kier alpha value is -2.52. The van der Waals surface area contributed by atoms with Gasteiger partial charge >= 0.3 is 0 Å². The Labute approximate surface area is 118 Å². The predicted molar refractivity (Wildman–Crippen MR) is 73.6 cm³/mol. The highest BCUT2D eigenvalue weighted by molar-refractivity contribution is 5.39. The first-order valence-electron chi connectivity index (χ1n) is 6.09. The van der Waals surface area contributed by atoms with Crippen molar-refractivity contribution in [3.8, 4) is 29.7 Å². The van der Waals surface area contributed by atoms with Gasteiger partial charge in [0.2, 0.25) is 0 Å². The van der Waals surface area contributed by atoms with E-state index in [0.717, 1.165) is 5.56 Å². The SMILES string of the molecule is N#CCN(CC#N)CCOc1cccc(C#CCO)c1.